The number of fused-ring (bicyclic) bond motifs is 7. The zero-order valence-corrected chi connectivity index (χ0v) is 33.7. The summed E-state index contributed by atoms with van der Waals surface area (Å²) in [5.41, 5.74) is 1.48. The number of carboxylic acids is 1. The lowest BCUT2D eigenvalue weighted by Crippen LogP contribution is -2.67. The van der Waals surface area contributed by atoms with Gasteiger partial charge in [0, 0.05) is 18.4 Å². The maximum absolute atomic E-state index is 13.8. The monoisotopic (exact) mass is 717 g/mol. The maximum atomic E-state index is 13.8. The average molecular weight is 718 g/mol. The highest BCUT2D eigenvalue weighted by atomic mass is 16.5. The third-order valence-electron chi connectivity index (χ3n) is 16.8. The number of hydrogen-bond donors (Lipinski definition) is 2. The van der Waals surface area contributed by atoms with Crippen LogP contribution in [0.15, 0.2) is 36.4 Å². The van der Waals surface area contributed by atoms with Gasteiger partial charge in [-0.15, -0.1) is 0 Å². The summed E-state index contributed by atoms with van der Waals surface area (Å²) >= 11 is 0. The molecule has 2 N–H and O–H groups in total. The van der Waals surface area contributed by atoms with Crippen LogP contribution in [-0.4, -0.2) is 36.2 Å². The fraction of sp³-hybridized carbons (Fsp3) is 0.756. The van der Waals surface area contributed by atoms with Crippen LogP contribution >= 0.6 is 0 Å². The smallest absolute Gasteiger partial charge is 0.309 e. The summed E-state index contributed by atoms with van der Waals surface area (Å²) in [6.45, 7) is 22.9. The Morgan fingerprint density at radius 1 is 0.923 bits per heavy atom. The fourth-order valence-electron chi connectivity index (χ4n) is 13.8. The second-order valence-electron chi connectivity index (χ2n) is 20.1. The predicted octanol–water partition coefficient (Wildman–Crippen LogP) is 9.77. The first-order valence-corrected chi connectivity index (χ1v) is 20.2. The lowest BCUT2D eigenvalue weighted by atomic mass is 9.32. The molecule has 5 aliphatic rings. The van der Waals surface area contributed by atoms with Crippen LogP contribution in [0.25, 0.3) is 0 Å². The lowest BCUT2D eigenvalue weighted by Gasteiger charge is -2.73. The molecular weight excluding hydrogens is 650 g/mol. The Hall–Kier alpha value is -2.83. The number of carboxylic acid groups (broad SMARTS) is 1. The maximum Gasteiger partial charge on any atom is 0.309 e. The summed E-state index contributed by atoms with van der Waals surface area (Å²) in [5, 5.41) is 12.9. The van der Waals surface area contributed by atoms with E-state index in [1.807, 2.05) is 24.3 Å². The number of allylic oxidation sites excluding steroid dienone is 1. The van der Waals surface area contributed by atoms with E-state index in [4.69, 9.17) is 9.47 Å². The van der Waals surface area contributed by atoms with E-state index in [1.54, 1.807) is 21.0 Å². The number of benzene rings is 1. The summed E-state index contributed by atoms with van der Waals surface area (Å²) in [5.74, 6) is 2.07. The van der Waals surface area contributed by atoms with Crippen molar-refractivity contribution in [1.29, 1.82) is 0 Å². The minimum absolute atomic E-state index is 0.00961. The largest absolute Gasteiger partial charge is 0.497 e. The molecule has 0 bridgehead atoms. The second kappa shape index (κ2) is 13.5. The minimum Gasteiger partial charge on any atom is -0.497 e. The average Bonchev–Trinajstić information content (AvgIpc) is 3.45. The third kappa shape index (κ3) is 6.22. The number of carbonyl (C=O) groups excluding carboxylic acids is 2. The fourth-order valence-corrected chi connectivity index (χ4v) is 13.8. The van der Waals surface area contributed by atoms with Crippen molar-refractivity contribution >= 4 is 17.8 Å². The van der Waals surface area contributed by atoms with Gasteiger partial charge >= 0.3 is 11.9 Å². The van der Waals surface area contributed by atoms with Gasteiger partial charge in [-0.05, 0) is 154 Å². The SMILES string of the molecule is C=C(C)[C@@H]1CC[C@]2(CC(=O)NCc3cccc(OC)c3)CC[C@]3(C)[C@H](CC[C@@H]4[C@@]5(C)CC[C@H](OC(=O)CC(C)(C)C(=O)O)C(C)(C)[C@@H]5CC[C@]43C)[C@@H]12. The molecule has 0 aliphatic heterocycles. The van der Waals surface area contributed by atoms with Crippen molar-refractivity contribution in [3.05, 3.63) is 42.0 Å². The van der Waals surface area contributed by atoms with E-state index in [1.165, 1.54) is 24.8 Å². The molecule has 0 saturated heterocycles. The molecule has 288 valence electrons. The standard InChI is InChI=1S/C45H67NO6/c1-28(2)31-16-21-45(25-36(47)46-27-29-12-11-13-30(24-29)51-10)23-22-43(8)32(38(31)45)14-15-34-42(7)19-18-35(52-37(48)26-40(3,4)39(49)50)41(5,6)33(42)17-20-44(34,43)9/h11-13,24,31-35,38H,1,14-23,25-27H2,2-10H3,(H,46,47)(H,49,50)/t31-,32+,33-,34+,35-,38+,42-,43+,44+,45+/m0/s1. The van der Waals surface area contributed by atoms with Gasteiger partial charge in [0.25, 0.3) is 0 Å². The number of rotatable bonds is 10. The van der Waals surface area contributed by atoms with Crippen molar-refractivity contribution in [3.8, 4) is 5.75 Å². The van der Waals surface area contributed by atoms with Gasteiger partial charge in [0.1, 0.15) is 11.9 Å². The van der Waals surface area contributed by atoms with Gasteiger partial charge in [-0.25, -0.2) is 0 Å². The topological polar surface area (TPSA) is 102 Å². The van der Waals surface area contributed by atoms with E-state index in [2.05, 4.69) is 53.4 Å². The quantitative estimate of drug-likeness (QED) is 0.185. The molecule has 0 heterocycles. The van der Waals surface area contributed by atoms with E-state index < -0.39 is 17.4 Å². The van der Waals surface area contributed by atoms with Crippen LogP contribution in [0.1, 0.15) is 138 Å². The molecule has 7 heteroatoms. The molecule has 1 aromatic rings. The number of hydrogen-bond acceptors (Lipinski definition) is 5. The van der Waals surface area contributed by atoms with Crippen molar-refractivity contribution in [2.75, 3.05) is 7.11 Å². The van der Waals surface area contributed by atoms with Crippen molar-refractivity contribution in [1.82, 2.24) is 5.32 Å². The molecule has 0 radical (unpaired) electrons. The highest BCUT2D eigenvalue weighted by molar-refractivity contribution is 5.81. The van der Waals surface area contributed by atoms with Crippen LogP contribution in [-0.2, 0) is 25.7 Å². The number of nitrogens with one attached hydrogen (secondary N) is 1. The minimum atomic E-state index is -1.15. The van der Waals surface area contributed by atoms with Crippen molar-refractivity contribution in [2.24, 2.45) is 62.1 Å². The van der Waals surface area contributed by atoms with Gasteiger partial charge in [0.2, 0.25) is 5.91 Å². The zero-order valence-electron chi connectivity index (χ0n) is 33.7. The van der Waals surface area contributed by atoms with E-state index >= 15 is 0 Å². The Morgan fingerprint density at radius 2 is 1.65 bits per heavy atom. The summed E-state index contributed by atoms with van der Waals surface area (Å²) < 4.78 is 11.6. The molecule has 7 nitrogen and oxygen atoms in total. The summed E-state index contributed by atoms with van der Waals surface area (Å²) in [7, 11) is 1.67. The van der Waals surface area contributed by atoms with Crippen LogP contribution in [0.4, 0.5) is 0 Å². The van der Waals surface area contributed by atoms with Gasteiger partial charge in [0.05, 0.1) is 18.9 Å². The molecule has 0 aromatic heterocycles. The Kier molecular flexibility index (Phi) is 10.1. The first kappa shape index (κ1) is 38.9. The molecule has 5 aliphatic carbocycles. The number of carbonyl (C=O) groups is 3. The number of aliphatic carboxylic acids is 1. The van der Waals surface area contributed by atoms with Crippen LogP contribution in [0, 0.1) is 62.1 Å². The summed E-state index contributed by atoms with van der Waals surface area (Å²) in [6.07, 6.45) is 11.3. The highest BCUT2D eigenvalue weighted by Gasteiger charge is 2.71. The van der Waals surface area contributed by atoms with E-state index in [-0.39, 0.29) is 45.5 Å². The first-order valence-electron chi connectivity index (χ1n) is 20.2. The Morgan fingerprint density at radius 3 is 2.33 bits per heavy atom. The van der Waals surface area contributed by atoms with Crippen molar-refractivity contribution < 1.29 is 29.0 Å². The van der Waals surface area contributed by atoms with E-state index in [9.17, 15) is 19.5 Å². The second-order valence-corrected chi connectivity index (χ2v) is 20.1. The van der Waals surface area contributed by atoms with Crippen molar-refractivity contribution in [2.45, 2.75) is 145 Å². The number of ether oxygens (including phenoxy) is 2. The molecule has 10 atom stereocenters. The normalized spacial score (nSPS) is 39.2. The van der Waals surface area contributed by atoms with Gasteiger partial charge < -0.3 is 19.9 Å². The third-order valence-corrected chi connectivity index (χ3v) is 16.8. The van der Waals surface area contributed by atoms with Crippen LogP contribution in [0.5, 0.6) is 5.75 Å². The Balaban J connectivity index is 1.22. The van der Waals surface area contributed by atoms with Crippen LogP contribution in [0.3, 0.4) is 0 Å². The van der Waals surface area contributed by atoms with Gasteiger partial charge in [-0.2, -0.15) is 0 Å². The van der Waals surface area contributed by atoms with Crippen LogP contribution < -0.4 is 10.1 Å². The summed E-state index contributed by atoms with van der Waals surface area (Å²) in [6, 6.07) is 7.95. The molecule has 5 fully saturated rings. The molecular formula is C45H67NO6. The van der Waals surface area contributed by atoms with Crippen LogP contribution in [0.2, 0.25) is 0 Å². The molecule has 52 heavy (non-hydrogen) atoms. The summed E-state index contributed by atoms with van der Waals surface area (Å²) in [4.78, 5) is 38.6. The Labute approximate surface area is 313 Å². The molecule has 0 spiro atoms. The van der Waals surface area contributed by atoms with Gasteiger partial charge in [-0.1, -0.05) is 58.9 Å². The number of esters is 1. The molecule has 1 amide bonds. The Bertz CT molecular complexity index is 1580. The van der Waals surface area contributed by atoms with Crippen molar-refractivity contribution in [3.63, 3.8) is 0 Å². The van der Waals surface area contributed by atoms with E-state index in [0.717, 1.165) is 56.3 Å². The zero-order chi connectivity index (χ0) is 38.1. The number of methoxy groups -OCH3 is 1. The predicted molar refractivity (Wildman–Crippen MR) is 204 cm³/mol. The van der Waals surface area contributed by atoms with E-state index in [0.29, 0.717) is 42.6 Å². The number of amides is 1. The molecule has 1 aromatic carbocycles. The van der Waals surface area contributed by atoms with Gasteiger partial charge in [-0.3, -0.25) is 14.4 Å². The van der Waals surface area contributed by atoms with Gasteiger partial charge in [0.15, 0.2) is 0 Å². The first-order chi connectivity index (χ1) is 24.2. The highest BCUT2D eigenvalue weighted by Crippen LogP contribution is 2.78. The lowest BCUT2D eigenvalue weighted by molar-refractivity contribution is -0.250. The molecule has 0 unspecified atom stereocenters. The molecule has 6 rings (SSSR count). The molecule has 5 saturated carbocycles.